The fourth-order valence-corrected chi connectivity index (χ4v) is 4.67. The minimum absolute atomic E-state index is 0. The SMILES string of the molecule is CCC(CS(=O)(=O)c1ccccc1)NC(=NC)NCCc1cc(C)ccc1OC.I. The summed E-state index contributed by atoms with van der Waals surface area (Å²) in [6.07, 6.45) is 1.43. The fourth-order valence-electron chi connectivity index (χ4n) is 3.06. The molecule has 0 heterocycles. The molecular weight excluding hydrogens is 513 g/mol. The summed E-state index contributed by atoms with van der Waals surface area (Å²) in [5.74, 6) is 1.47. The third-order valence-electron chi connectivity index (χ3n) is 4.70. The number of nitrogens with one attached hydrogen (secondary N) is 2. The summed E-state index contributed by atoms with van der Waals surface area (Å²) in [6.45, 7) is 4.67. The molecule has 1 atom stereocenters. The number of hydrogen-bond donors (Lipinski definition) is 2. The third kappa shape index (κ3) is 7.79. The summed E-state index contributed by atoms with van der Waals surface area (Å²) < 4.78 is 30.7. The van der Waals surface area contributed by atoms with Gasteiger partial charge in [-0.25, -0.2) is 8.42 Å². The summed E-state index contributed by atoms with van der Waals surface area (Å²) in [4.78, 5) is 4.58. The second kappa shape index (κ2) is 12.8. The summed E-state index contributed by atoms with van der Waals surface area (Å²) in [5, 5.41) is 6.50. The molecule has 8 heteroatoms. The van der Waals surface area contributed by atoms with Gasteiger partial charge < -0.3 is 15.4 Å². The molecule has 0 saturated heterocycles. The fraction of sp³-hybridized carbons (Fsp3) is 0.409. The molecule has 6 nitrogen and oxygen atoms in total. The number of aliphatic imine (C=N–C) groups is 1. The lowest BCUT2D eigenvalue weighted by Gasteiger charge is -2.20. The average molecular weight is 545 g/mol. The van der Waals surface area contributed by atoms with Gasteiger partial charge in [0.15, 0.2) is 15.8 Å². The van der Waals surface area contributed by atoms with Crippen LogP contribution < -0.4 is 15.4 Å². The van der Waals surface area contributed by atoms with Gasteiger partial charge in [0.25, 0.3) is 0 Å². The van der Waals surface area contributed by atoms with Crippen molar-refractivity contribution >= 4 is 39.8 Å². The second-order valence-corrected chi connectivity index (χ2v) is 8.94. The van der Waals surface area contributed by atoms with Gasteiger partial charge in [-0.1, -0.05) is 42.8 Å². The van der Waals surface area contributed by atoms with E-state index in [2.05, 4.69) is 28.6 Å². The van der Waals surface area contributed by atoms with Crippen molar-refractivity contribution in [1.29, 1.82) is 0 Å². The summed E-state index contributed by atoms with van der Waals surface area (Å²) in [7, 11) is -0.0152. The summed E-state index contributed by atoms with van der Waals surface area (Å²) in [6, 6.07) is 14.4. The Morgan fingerprint density at radius 3 is 2.47 bits per heavy atom. The molecule has 0 aliphatic rings. The monoisotopic (exact) mass is 545 g/mol. The molecule has 0 spiro atoms. The highest BCUT2D eigenvalue weighted by Gasteiger charge is 2.20. The van der Waals surface area contributed by atoms with Crippen molar-refractivity contribution in [3.8, 4) is 5.75 Å². The molecule has 0 saturated carbocycles. The summed E-state index contributed by atoms with van der Waals surface area (Å²) in [5.41, 5.74) is 2.30. The number of aryl methyl sites for hydroxylation is 1. The molecule has 0 aliphatic heterocycles. The topological polar surface area (TPSA) is 79.8 Å². The van der Waals surface area contributed by atoms with Gasteiger partial charge >= 0.3 is 0 Å². The van der Waals surface area contributed by atoms with Crippen molar-refractivity contribution in [1.82, 2.24) is 10.6 Å². The minimum atomic E-state index is -3.36. The van der Waals surface area contributed by atoms with Gasteiger partial charge in [0, 0.05) is 19.6 Å². The number of hydrogen-bond acceptors (Lipinski definition) is 4. The number of sulfone groups is 1. The molecule has 30 heavy (non-hydrogen) atoms. The van der Waals surface area contributed by atoms with Gasteiger partial charge in [0.1, 0.15) is 5.75 Å². The van der Waals surface area contributed by atoms with Crippen molar-refractivity contribution < 1.29 is 13.2 Å². The Morgan fingerprint density at radius 2 is 1.87 bits per heavy atom. The van der Waals surface area contributed by atoms with Crippen LogP contribution in [0.25, 0.3) is 0 Å². The van der Waals surface area contributed by atoms with Gasteiger partial charge in [-0.2, -0.15) is 0 Å². The van der Waals surface area contributed by atoms with Crippen LogP contribution in [-0.2, 0) is 16.3 Å². The van der Waals surface area contributed by atoms with Gasteiger partial charge in [0.2, 0.25) is 0 Å². The lowest BCUT2D eigenvalue weighted by atomic mass is 10.1. The highest BCUT2D eigenvalue weighted by molar-refractivity contribution is 14.0. The van der Waals surface area contributed by atoms with Gasteiger partial charge in [0.05, 0.1) is 17.8 Å². The van der Waals surface area contributed by atoms with E-state index in [0.29, 0.717) is 23.8 Å². The maximum absolute atomic E-state index is 12.7. The zero-order valence-electron chi connectivity index (χ0n) is 18.0. The predicted octanol–water partition coefficient (Wildman–Crippen LogP) is 3.58. The molecule has 0 fully saturated rings. The number of rotatable bonds is 9. The minimum Gasteiger partial charge on any atom is -0.496 e. The quantitative estimate of drug-likeness (QED) is 0.286. The largest absolute Gasteiger partial charge is 0.496 e. The van der Waals surface area contributed by atoms with Crippen LogP contribution in [0.5, 0.6) is 5.75 Å². The first-order valence-corrected chi connectivity index (χ1v) is 11.4. The Bertz CT molecular complexity index is 918. The van der Waals surface area contributed by atoms with E-state index in [1.54, 1.807) is 38.4 Å². The highest BCUT2D eigenvalue weighted by Crippen LogP contribution is 2.19. The molecule has 1 unspecified atom stereocenters. The molecule has 2 aromatic rings. The van der Waals surface area contributed by atoms with Crippen molar-refractivity contribution in [2.24, 2.45) is 4.99 Å². The summed E-state index contributed by atoms with van der Waals surface area (Å²) >= 11 is 0. The Balaban J connectivity index is 0.00000450. The van der Waals surface area contributed by atoms with Gasteiger partial charge in [-0.15, -0.1) is 24.0 Å². The van der Waals surface area contributed by atoms with Gasteiger partial charge in [-0.3, -0.25) is 4.99 Å². The van der Waals surface area contributed by atoms with E-state index in [9.17, 15) is 8.42 Å². The smallest absolute Gasteiger partial charge is 0.191 e. The molecule has 2 N–H and O–H groups in total. The normalized spacial score (nSPS) is 12.6. The van der Waals surface area contributed by atoms with Gasteiger partial charge in [-0.05, 0) is 43.5 Å². The first-order valence-electron chi connectivity index (χ1n) is 9.78. The maximum atomic E-state index is 12.7. The van der Waals surface area contributed by atoms with E-state index >= 15 is 0 Å². The molecule has 0 bridgehead atoms. The first-order chi connectivity index (χ1) is 13.9. The first kappa shape index (κ1) is 26.2. The lowest BCUT2D eigenvalue weighted by Crippen LogP contribution is -2.46. The Hall–Kier alpha value is -1.81. The zero-order valence-corrected chi connectivity index (χ0v) is 21.2. The van der Waals surface area contributed by atoms with Crippen LogP contribution in [-0.4, -0.2) is 46.9 Å². The van der Waals surface area contributed by atoms with Crippen molar-refractivity contribution in [2.45, 2.75) is 37.6 Å². The second-order valence-electron chi connectivity index (χ2n) is 6.91. The molecule has 2 rings (SSSR count). The Morgan fingerprint density at radius 1 is 1.17 bits per heavy atom. The molecule has 0 aliphatic carbocycles. The van der Waals surface area contributed by atoms with Crippen LogP contribution in [0.1, 0.15) is 24.5 Å². The molecule has 166 valence electrons. The van der Waals surface area contributed by atoms with Crippen LogP contribution in [0, 0.1) is 6.92 Å². The number of benzene rings is 2. The average Bonchev–Trinajstić information content (AvgIpc) is 2.73. The molecule has 0 aromatic heterocycles. The van der Waals surface area contributed by atoms with Crippen LogP contribution in [0.3, 0.4) is 0 Å². The number of guanidine groups is 1. The molecular formula is C22H32IN3O3S. The van der Waals surface area contributed by atoms with E-state index in [-0.39, 0.29) is 35.8 Å². The van der Waals surface area contributed by atoms with E-state index in [1.165, 1.54) is 5.56 Å². The molecule has 2 aromatic carbocycles. The predicted molar refractivity (Wildman–Crippen MR) is 134 cm³/mol. The van der Waals surface area contributed by atoms with Crippen molar-refractivity contribution in [3.05, 3.63) is 59.7 Å². The van der Waals surface area contributed by atoms with E-state index in [1.807, 2.05) is 25.1 Å². The van der Waals surface area contributed by atoms with Crippen LogP contribution in [0.15, 0.2) is 58.4 Å². The number of halogens is 1. The molecule has 0 radical (unpaired) electrons. The van der Waals surface area contributed by atoms with E-state index in [4.69, 9.17) is 4.74 Å². The van der Waals surface area contributed by atoms with Crippen molar-refractivity contribution in [3.63, 3.8) is 0 Å². The molecule has 0 amide bonds. The Kier molecular flexibility index (Phi) is 11.2. The van der Waals surface area contributed by atoms with Crippen molar-refractivity contribution in [2.75, 3.05) is 26.5 Å². The number of methoxy groups -OCH3 is 1. The van der Waals surface area contributed by atoms with E-state index < -0.39 is 9.84 Å². The third-order valence-corrected chi connectivity index (χ3v) is 6.53. The zero-order chi connectivity index (χ0) is 21.3. The van der Waals surface area contributed by atoms with E-state index in [0.717, 1.165) is 17.7 Å². The number of ether oxygens (including phenoxy) is 1. The lowest BCUT2D eigenvalue weighted by molar-refractivity contribution is 0.409. The highest BCUT2D eigenvalue weighted by atomic mass is 127. The Labute approximate surface area is 197 Å². The standard InChI is InChI=1S/C22H31N3O3S.HI/c1-5-19(16-29(26,27)20-9-7-6-8-10-20)25-22(23-3)24-14-13-18-15-17(2)11-12-21(18)28-4;/h6-12,15,19H,5,13-14,16H2,1-4H3,(H2,23,24,25);1H. The van der Waals surface area contributed by atoms with Crippen LogP contribution in [0.4, 0.5) is 0 Å². The maximum Gasteiger partial charge on any atom is 0.191 e. The van der Waals surface area contributed by atoms with Crippen LogP contribution >= 0.6 is 24.0 Å². The van der Waals surface area contributed by atoms with Crippen LogP contribution in [0.2, 0.25) is 0 Å². The number of nitrogens with zero attached hydrogens (tertiary/aromatic N) is 1.